The second-order valence-corrected chi connectivity index (χ2v) is 5.73. The smallest absolute Gasteiger partial charge is 0.288 e. The van der Waals surface area contributed by atoms with E-state index in [4.69, 9.17) is 11.0 Å². The van der Waals surface area contributed by atoms with Gasteiger partial charge < -0.3 is 5.73 Å². The van der Waals surface area contributed by atoms with E-state index >= 15 is 0 Å². The molecule has 0 saturated carbocycles. The first-order chi connectivity index (χ1) is 10.7. The van der Waals surface area contributed by atoms with Gasteiger partial charge in [-0.05, 0) is 29.1 Å². The third kappa shape index (κ3) is 2.54. The van der Waals surface area contributed by atoms with E-state index in [0.29, 0.717) is 12.3 Å². The topological polar surface area (TPSA) is 78.6 Å². The number of nitriles is 1. The van der Waals surface area contributed by atoms with Crippen LogP contribution in [-0.2, 0) is 6.42 Å². The maximum atomic E-state index is 8.76. The van der Waals surface area contributed by atoms with Gasteiger partial charge >= 0.3 is 0 Å². The Balaban J connectivity index is 2.14. The zero-order valence-corrected chi connectivity index (χ0v) is 12.8. The molecule has 2 aromatic heterocycles. The van der Waals surface area contributed by atoms with Crippen molar-refractivity contribution in [2.45, 2.75) is 13.3 Å². The van der Waals surface area contributed by atoms with Crippen molar-refractivity contribution in [3.63, 3.8) is 0 Å². The number of aromatic nitrogens is 2. The molecule has 0 aliphatic rings. The first kappa shape index (κ1) is 14.2. The van der Waals surface area contributed by atoms with Crippen LogP contribution < -0.4 is 10.3 Å². The minimum atomic E-state index is 0.397. The number of nitrogens with zero attached hydrogens (tertiary/aromatic N) is 4. The van der Waals surface area contributed by atoms with Crippen molar-refractivity contribution in [1.82, 2.24) is 14.5 Å². The van der Waals surface area contributed by atoms with Crippen LogP contribution in [0.2, 0.25) is 0 Å². The number of amidine groups is 1. The third-order valence-corrected chi connectivity index (χ3v) is 4.17. The van der Waals surface area contributed by atoms with E-state index in [-0.39, 0.29) is 0 Å². The SMILES string of the molecule is CC(N)=[N+](c1ccc(CC#N)cc1)c1ncnc2ccsc12. The molecule has 0 unspecified atom stereocenters. The van der Waals surface area contributed by atoms with Crippen molar-refractivity contribution in [1.29, 1.82) is 5.26 Å². The van der Waals surface area contributed by atoms with Crippen LogP contribution in [-0.4, -0.2) is 15.8 Å². The molecule has 3 aromatic rings. The van der Waals surface area contributed by atoms with Gasteiger partial charge in [-0.15, -0.1) is 11.3 Å². The molecule has 0 radical (unpaired) electrons. The zero-order chi connectivity index (χ0) is 15.5. The number of hydrogen-bond donors (Lipinski definition) is 1. The van der Waals surface area contributed by atoms with Gasteiger partial charge in [0.15, 0.2) is 12.2 Å². The predicted molar refractivity (Wildman–Crippen MR) is 89.5 cm³/mol. The lowest BCUT2D eigenvalue weighted by atomic mass is 10.1. The van der Waals surface area contributed by atoms with E-state index in [0.717, 1.165) is 27.3 Å². The summed E-state index contributed by atoms with van der Waals surface area (Å²) in [7, 11) is 0. The number of benzene rings is 1. The highest BCUT2D eigenvalue weighted by Gasteiger charge is 2.18. The van der Waals surface area contributed by atoms with Gasteiger partial charge in [0.2, 0.25) is 0 Å². The molecule has 0 fully saturated rings. The number of nitrogens with two attached hydrogens (primary N) is 1. The zero-order valence-electron chi connectivity index (χ0n) is 12.0. The van der Waals surface area contributed by atoms with Crippen LogP contribution >= 0.6 is 11.3 Å². The van der Waals surface area contributed by atoms with Crippen molar-refractivity contribution < 1.29 is 0 Å². The highest BCUT2D eigenvalue weighted by atomic mass is 32.1. The minimum Gasteiger partial charge on any atom is -0.322 e. The molecule has 2 N–H and O–H groups in total. The molecule has 0 bridgehead atoms. The average Bonchev–Trinajstić information content (AvgIpc) is 2.98. The van der Waals surface area contributed by atoms with Gasteiger partial charge in [-0.25, -0.2) is 4.98 Å². The fourth-order valence-electron chi connectivity index (χ4n) is 2.28. The first-order valence-electron chi connectivity index (χ1n) is 6.74. The molecule has 0 spiro atoms. The van der Waals surface area contributed by atoms with Crippen molar-refractivity contribution in [2.75, 3.05) is 0 Å². The van der Waals surface area contributed by atoms with Gasteiger partial charge in [-0.2, -0.15) is 9.84 Å². The summed E-state index contributed by atoms with van der Waals surface area (Å²) in [4.78, 5) is 8.67. The van der Waals surface area contributed by atoms with E-state index in [1.54, 1.807) is 17.7 Å². The molecule has 5 nitrogen and oxygen atoms in total. The summed E-state index contributed by atoms with van der Waals surface area (Å²) in [5, 5.41) is 10.7. The average molecular weight is 308 g/mol. The van der Waals surface area contributed by atoms with E-state index in [1.807, 2.05) is 47.2 Å². The fraction of sp³-hybridized carbons (Fsp3) is 0.125. The third-order valence-electron chi connectivity index (χ3n) is 3.27. The second kappa shape index (κ2) is 5.92. The van der Waals surface area contributed by atoms with E-state index in [2.05, 4.69) is 16.0 Å². The van der Waals surface area contributed by atoms with Crippen molar-refractivity contribution in [2.24, 2.45) is 5.73 Å². The number of hydrogen-bond acceptors (Lipinski definition) is 4. The normalized spacial score (nSPS) is 12.0. The lowest BCUT2D eigenvalue weighted by molar-refractivity contribution is 1.00. The van der Waals surface area contributed by atoms with Gasteiger partial charge in [0.25, 0.3) is 5.82 Å². The number of thiophene rings is 1. The molecular formula is C16H14N5S+. The summed E-state index contributed by atoms with van der Waals surface area (Å²) >= 11 is 1.59. The molecule has 1 aromatic carbocycles. The van der Waals surface area contributed by atoms with Crippen LogP contribution in [0.1, 0.15) is 12.5 Å². The Hall–Kier alpha value is -2.78. The molecule has 2 heterocycles. The van der Waals surface area contributed by atoms with Crippen LogP contribution in [0, 0.1) is 11.3 Å². The second-order valence-electron chi connectivity index (χ2n) is 4.81. The van der Waals surface area contributed by atoms with Crippen molar-refractivity contribution in [3.05, 3.63) is 47.6 Å². The molecular weight excluding hydrogens is 294 g/mol. The molecule has 6 heteroatoms. The predicted octanol–water partition coefficient (Wildman–Crippen LogP) is 2.97. The quantitative estimate of drug-likeness (QED) is 0.458. The van der Waals surface area contributed by atoms with Crippen molar-refractivity contribution >= 4 is 38.9 Å². The van der Waals surface area contributed by atoms with E-state index in [9.17, 15) is 0 Å². The largest absolute Gasteiger partial charge is 0.322 e. The summed E-state index contributed by atoms with van der Waals surface area (Å²) in [5.74, 6) is 1.40. The van der Waals surface area contributed by atoms with Gasteiger partial charge in [-0.1, -0.05) is 17.1 Å². The Morgan fingerprint density at radius 3 is 2.73 bits per heavy atom. The Bertz CT molecular complexity index is 883. The molecule has 0 atom stereocenters. The van der Waals surface area contributed by atoms with Crippen LogP contribution in [0.15, 0.2) is 42.0 Å². The van der Waals surface area contributed by atoms with Gasteiger partial charge in [-0.3, -0.25) is 0 Å². The van der Waals surface area contributed by atoms with Gasteiger partial charge in [0.05, 0.1) is 18.0 Å². The Morgan fingerprint density at radius 1 is 1.27 bits per heavy atom. The molecule has 0 amide bonds. The highest BCUT2D eigenvalue weighted by molar-refractivity contribution is 7.17. The molecule has 0 aliphatic carbocycles. The summed E-state index contributed by atoms with van der Waals surface area (Å²) in [6.45, 7) is 1.84. The minimum absolute atomic E-state index is 0.397. The van der Waals surface area contributed by atoms with Crippen molar-refractivity contribution in [3.8, 4) is 6.07 Å². The molecule has 0 aliphatic heterocycles. The lowest BCUT2D eigenvalue weighted by Crippen LogP contribution is -2.22. The molecule has 3 rings (SSSR count). The van der Waals surface area contributed by atoms with E-state index < -0.39 is 0 Å². The Kier molecular flexibility index (Phi) is 3.81. The van der Waals surface area contributed by atoms with Gasteiger partial charge in [0.1, 0.15) is 10.4 Å². The molecule has 108 valence electrons. The summed E-state index contributed by atoms with van der Waals surface area (Å²) in [6, 6.07) is 11.9. The summed E-state index contributed by atoms with van der Waals surface area (Å²) in [5.41, 5.74) is 8.89. The lowest BCUT2D eigenvalue weighted by Gasteiger charge is -2.08. The van der Waals surface area contributed by atoms with Crippen LogP contribution in [0.4, 0.5) is 11.5 Å². The fourth-order valence-corrected chi connectivity index (χ4v) is 3.11. The van der Waals surface area contributed by atoms with Gasteiger partial charge in [0, 0.05) is 6.92 Å². The number of rotatable bonds is 3. The van der Waals surface area contributed by atoms with Crippen LogP contribution in [0.25, 0.3) is 10.2 Å². The number of fused-ring (bicyclic) bond motifs is 1. The Labute approximate surface area is 132 Å². The summed E-state index contributed by atoms with van der Waals surface area (Å²) in [6.07, 6.45) is 1.94. The Morgan fingerprint density at radius 2 is 2.05 bits per heavy atom. The maximum absolute atomic E-state index is 8.76. The highest BCUT2D eigenvalue weighted by Crippen LogP contribution is 2.29. The maximum Gasteiger partial charge on any atom is 0.288 e. The first-order valence-corrected chi connectivity index (χ1v) is 7.62. The standard InChI is InChI=1S/C16H13N5S/c1-11(18)21(13-4-2-12(3-5-13)6-8-17)16-15-14(7-9-22-15)19-10-20-16/h2-5,7,9-10,18H,6H2,1H3/p+1. The van der Waals surface area contributed by atoms with E-state index in [1.165, 1.54) is 0 Å². The van der Waals surface area contributed by atoms with Crippen LogP contribution in [0.3, 0.4) is 0 Å². The molecule has 0 saturated heterocycles. The molecule has 22 heavy (non-hydrogen) atoms. The monoisotopic (exact) mass is 308 g/mol. The van der Waals surface area contributed by atoms with Crippen LogP contribution in [0.5, 0.6) is 0 Å². The summed E-state index contributed by atoms with van der Waals surface area (Å²) < 4.78 is 2.89.